The lowest BCUT2D eigenvalue weighted by molar-refractivity contribution is 0.0827. The van der Waals surface area contributed by atoms with E-state index in [0.29, 0.717) is 12.1 Å². The molecule has 3 rings (SSSR count). The monoisotopic (exact) mass is 321 g/mol. The highest BCUT2D eigenvalue weighted by atomic mass is 16.2. The van der Waals surface area contributed by atoms with Gasteiger partial charge >= 0.3 is 0 Å². The number of amides is 1. The van der Waals surface area contributed by atoms with Crippen molar-refractivity contribution in [2.45, 2.75) is 6.54 Å². The van der Waals surface area contributed by atoms with Gasteiger partial charge in [0.1, 0.15) is 5.82 Å². The van der Waals surface area contributed by atoms with Crippen LogP contribution in [0.4, 0.5) is 5.82 Å². The zero-order chi connectivity index (χ0) is 17.1. The van der Waals surface area contributed by atoms with Gasteiger partial charge in [-0.2, -0.15) is 0 Å². The number of para-hydroxylation sites is 2. The van der Waals surface area contributed by atoms with Crippen LogP contribution in [-0.2, 0) is 6.54 Å². The zero-order valence-electron chi connectivity index (χ0n) is 14.0. The van der Waals surface area contributed by atoms with Crippen LogP contribution in [0.3, 0.4) is 0 Å². The van der Waals surface area contributed by atoms with E-state index in [1.54, 1.807) is 32.6 Å². The Morgan fingerprint density at radius 3 is 2.38 bits per heavy atom. The van der Waals surface area contributed by atoms with E-state index in [1.165, 1.54) is 4.90 Å². The van der Waals surface area contributed by atoms with Gasteiger partial charge in [0.25, 0.3) is 5.91 Å². The van der Waals surface area contributed by atoms with E-state index in [2.05, 4.69) is 15.0 Å². The lowest BCUT2D eigenvalue weighted by atomic mass is 10.2. The first kappa shape index (κ1) is 15.9. The van der Waals surface area contributed by atoms with E-state index in [1.807, 2.05) is 42.3 Å². The predicted molar refractivity (Wildman–Crippen MR) is 93.9 cm³/mol. The van der Waals surface area contributed by atoms with Crippen molar-refractivity contribution in [3.8, 4) is 0 Å². The number of aromatic nitrogens is 3. The van der Waals surface area contributed by atoms with Crippen molar-refractivity contribution < 1.29 is 4.79 Å². The Balaban J connectivity index is 1.76. The molecule has 0 unspecified atom stereocenters. The standard InChI is InChI=1S/C18H19N5O/c1-22(2)18(24)13-8-9-17(20-10-13)23(3)12-14-11-19-15-6-4-5-7-16(15)21-14/h4-11H,12H2,1-3H3. The fraction of sp³-hybridized carbons (Fsp3) is 0.222. The number of hydrogen-bond acceptors (Lipinski definition) is 5. The lowest BCUT2D eigenvalue weighted by Crippen LogP contribution is -2.22. The summed E-state index contributed by atoms with van der Waals surface area (Å²) in [6.07, 6.45) is 3.38. The molecule has 0 spiro atoms. The summed E-state index contributed by atoms with van der Waals surface area (Å²) in [5.74, 6) is 0.720. The van der Waals surface area contributed by atoms with Crippen LogP contribution in [0.1, 0.15) is 16.1 Å². The Bertz CT molecular complexity index is 861. The van der Waals surface area contributed by atoms with Crippen LogP contribution >= 0.6 is 0 Å². The number of carbonyl (C=O) groups excluding carboxylic acids is 1. The topological polar surface area (TPSA) is 62.2 Å². The van der Waals surface area contributed by atoms with E-state index >= 15 is 0 Å². The molecule has 0 aliphatic carbocycles. The van der Waals surface area contributed by atoms with Crippen molar-refractivity contribution >= 4 is 22.8 Å². The molecule has 0 radical (unpaired) electrons. The van der Waals surface area contributed by atoms with Crippen molar-refractivity contribution in [1.82, 2.24) is 19.9 Å². The predicted octanol–water partition coefficient (Wildman–Crippen LogP) is 2.36. The number of carbonyl (C=O) groups is 1. The highest BCUT2D eigenvalue weighted by molar-refractivity contribution is 5.93. The van der Waals surface area contributed by atoms with E-state index in [9.17, 15) is 4.79 Å². The molecule has 1 aromatic carbocycles. The molecule has 24 heavy (non-hydrogen) atoms. The number of fused-ring (bicyclic) bond motifs is 1. The van der Waals surface area contributed by atoms with Crippen molar-refractivity contribution in [2.75, 3.05) is 26.0 Å². The van der Waals surface area contributed by atoms with Gasteiger partial charge in [0, 0.05) is 27.3 Å². The number of pyridine rings is 1. The summed E-state index contributed by atoms with van der Waals surface area (Å²) in [6.45, 7) is 0.589. The molecule has 0 saturated carbocycles. The molecule has 122 valence electrons. The number of hydrogen-bond donors (Lipinski definition) is 0. The molecule has 0 fully saturated rings. The normalized spacial score (nSPS) is 10.6. The Labute approximate surface area is 140 Å². The van der Waals surface area contributed by atoms with E-state index in [4.69, 9.17) is 0 Å². The van der Waals surface area contributed by atoms with E-state index in [0.717, 1.165) is 22.5 Å². The van der Waals surface area contributed by atoms with Gasteiger partial charge < -0.3 is 9.80 Å². The van der Waals surface area contributed by atoms with Gasteiger partial charge in [-0.25, -0.2) is 9.97 Å². The minimum atomic E-state index is -0.0582. The highest BCUT2D eigenvalue weighted by Gasteiger charge is 2.10. The Morgan fingerprint density at radius 1 is 0.958 bits per heavy atom. The maximum absolute atomic E-state index is 11.9. The lowest BCUT2D eigenvalue weighted by Gasteiger charge is -2.18. The van der Waals surface area contributed by atoms with Crippen LogP contribution in [0.15, 0.2) is 48.8 Å². The Morgan fingerprint density at radius 2 is 1.71 bits per heavy atom. The Hall–Kier alpha value is -3.02. The van der Waals surface area contributed by atoms with Crippen LogP contribution in [0.2, 0.25) is 0 Å². The second kappa shape index (κ2) is 6.62. The summed E-state index contributed by atoms with van der Waals surface area (Å²) < 4.78 is 0. The minimum Gasteiger partial charge on any atom is -0.354 e. The minimum absolute atomic E-state index is 0.0582. The quantitative estimate of drug-likeness (QED) is 0.738. The van der Waals surface area contributed by atoms with Gasteiger partial charge in [-0.05, 0) is 24.3 Å². The molecular formula is C18H19N5O. The number of nitrogens with zero attached hydrogens (tertiary/aromatic N) is 5. The third-order valence-electron chi connectivity index (χ3n) is 3.69. The third-order valence-corrected chi connectivity index (χ3v) is 3.69. The summed E-state index contributed by atoms with van der Waals surface area (Å²) in [6, 6.07) is 11.4. The van der Waals surface area contributed by atoms with Crippen molar-refractivity contribution in [3.05, 3.63) is 60.0 Å². The van der Waals surface area contributed by atoms with Crippen LogP contribution < -0.4 is 4.90 Å². The fourth-order valence-electron chi connectivity index (χ4n) is 2.39. The smallest absolute Gasteiger partial charge is 0.254 e. The molecule has 0 atom stereocenters. The summed E-state index contributed by atoms with van der Waals surface area (Å²) in [5, 5.41) is 0. The second-order valence-corrected chi connectivity index (χ2v) is 5.81. The van der Waals surface area contributed by atoms with Crippen molar-refractivity contribution in [3.63, 3.8) is 0 Å². The van der Waals surface area contributed by atoms with Crippen LogP contribution in [0.25, 0.3) is 11.0 Å². The molecule has 0 N–H and O–H groups in total. The molecule has 3 aromatic rings. The van der Waals surface area contributed by atoms with Crippen LogP contribution in [-0.4, -0.2) is 46.9 Å². The summed E-state index contributed by atoms with van der Waals surface area (Å²) in [7, 11) is 5.38. The molecule has 6 nitrogen and oxygen atoms in total. The van der Waals surface area contributed by atoms with Crippen LogP contribution in [0.5, 0.6) is 0 Å². The van der Waals surface area contributed by atoms with E-state index in [-0.39, 0.29) is 5.91 Å². The first-order chi connectivity index (χ1) is 11.5. The number of anilines is 1. The third kappa shape index (κ3) is 3.32. The number of benzene rings is 1. The van der Waals surface area contributed by atoms with Crippen molar-refractivity contribution in [2.24, 2.45) is 0 Å². The average Bonchev–Trinajstić information content (AvgIpc) is 2.61. The molecule has 6 heteroatoms. The Kier molecular flexibility index (Phi) is 4.37. The van der Waals surface area contributed by atoms with Gasteiger partial charge in [-0.15, -0.1) is 0 Å². The molecule has 0 saturated heterocycles. The molecule has 0 bridgehead atoms. The number of rotatable bonds is 4. The second-order valence-electron chi connectivity index (χ2n) is 5.81. The fourth-order valence-corrected chi connectivity index (χ4v) is 2.39. The SMILES string of the molecule is CN(C)C(=O)c1ccc(N(C)Cc2cnc3ccccc3n2)nc1. The molecule has 2 aromatic heterocycles. The first-order valence-electron chi connectivity index (χ1n) is 7.64. The van der Waals surface area contributed by atoms with Gasteiger partial charge in [0.2, 0.25) is 0 Å². The van der Waals surface area contributed by atoms with Gasteiger partial charge in [-0.3, -0.25) is 9.78 Å². The maximum Gasteiger partial charge on any atom is 0.254 e. The van der Waals surface area contributed by atoms with Crippen LogP contribution in [0, 0.1) is 0 Å². The first-order valence-corrected chi connectivity index (χ1v) is 7.64. The van der Waals surface area contributed by atoms with Gasteiger partial charge in [0.15, 0.2) is 0 Å². The zero-order valence-corrected chi connectivity index (χ0v) is 14.0. The van der Waals surface area contributed by atoms with Crippen molar-refractivity contribution in [1.29, 1.82) is 0 Å². The molecule has 1 amide bonds. The summed E-state index contributed by atoms with van der Waals surface area (Å²) in [4.78, 5) is 28.8. The summed E-state index contributed by atoms with van der Waals surface area (Å²) >= 11 is 0. The summed E-state index contributed by atoms with van der Waals surface area (Å²) in [5.41, 5.74) is 3.20. The van der Waals surface area contributed by atoms with Gasteiger partial charge in [-0.1, -0.05) is 12.1 Å². The molecule has 2 heterocycles. The average molecular weight is 321 g/mol. The highest BCUT2D eigenvalue weighted by Crippen LogP contribution is 2.14. The molecule has 0 aliphatic heterocycles. The van der Waals surface area contributed by atoms with E-state index < -0.39 is 0 Å². The maximum atomic E-state index is 11.9. The van der Waals surface area contributed by atoms with Gasteiger partial charge in [0.05, 0.1) is 35.0 Å². The molecular weight excluding hydrogens is 302 g/mol. The molecule has 0 aliphatic rings. The largest absolute Gasteiger partial charge is 0.354 e.